The lowest BCUT2D eigenvalue weighted by molar-refractivity contribution is 0.183. The van der Waals surface area contributed by atoms with E-state index in [1.165, 1.54) is 23.5 Å². The normalized spacial score (nSPS) is 14.1. The number of hydrogen-bond donors (Lipinski definition) is 1. The first-order chi connectivity index (χ1) is 8.78. The van der Waals surface area contributed by atoms with Crippen molar-refractivity contribution in [3.8, 4) is 0 Å². The lowest BCUT2D eigenvalue weighted by Gasteiger charge is -2.27. The second kappa shape index (κ2) is 6.70. The van der Waals surface area contributed by atoms with Crippen molar-refractivity contribution in [1.82, 2.24) is 4.31 Å². The maximum absolute atomic E-state index is 12.4. The standard InChI is InChI=1S/C13H20ClNO3S/c1-10(2)8-12(9-16)15(3)19(17,18)13-6-4-11(14)5-7-13/h4-7,10,12,16H,8-9H2,1-3H3. The largest absolute Gasteiger partial charge is 0.395 e. The number of likely N-dealkylation sites (N-methyl/N-ethyl adjacent to an activating group) is 1. The molecule has 0 heterocycles. The van der Waals surface area contributed by atoms with Gasteiger partial charge in [-0.05, 0) is 36.6 Å². The third kappa shape index (κ3) is 4.18. The second-order valence-corrected chi connectivity index (χ2v) is 7.38. The number of benzene rings is 1. The van der Waals surface area contributed by atoms with E-state index in [4.69, 9.17) is 11.6 Å². The van der Waals surface area contributed by atoms with Crippen LogP contribution in [0.1, 0.15) is 20.3 Å². The first-order valence-corrected chi connectivity index (χ1v) is 7.95. The van der Waals surface area contributed by atoms with E-state index < -0.39 is 16.1 Å². The molecule has 1 N–H and O–H groups in total. The van der Waals surface area contributed by atoms with E-state index >= 15 is 0 Å². The molecule has 1 aromatic carbocycles. The van der Waals surface area contributed by atoms with E-state index in [1.807, 2.05) is 13.8 Å². The van der Waals surface area contributed by atoms with Crippen molar-refractivity contribution >= 4 is 21.6 Å². The predicted molar refractivity (Wildman–Crippen MR) is 76.7 cm³/mol. The number of halogens is 1. The molecule has 0 amide bonds. The summed E-state index contributed by atoms with van der Waals surface area (Å²) < 4.78 is 26.0. The molecule has 6 heteroatoms. The molecule has 19 heavy (non-hydrogen) atoms. The Morgan fingerprint density at radius 2 is 1.79 bits per heavy atom. The summed E-state index contributed by atoms with van der Waals surface area (Å²) in [5.41, 5.74) is 0. The third-order valence-corrected chi connectivity index (χ3v) is 5.14. The van der Waals surface area contributed by atoms with Gasteiger partial charge in [0.25, 0.3) is 0 Å². The van der Waals surface area contributed by atoms with Gasteiger partial charge in [-0.3, -0.25) is 0 Å². The zero-order valence-corrected chi connectivity index (χ0v) is 12.9. The molecule has 0 radical (unpaired) electrons. The molecule has 1 unspecified atom stereocenters. The molecular weight excluding hydrogens is 286 g/mol. The van der Waals surface area contributed by atoms with Gasteiger partial charge in [0.05, 0.1) is 11.5 Å². The van der Waals surface area contributed by atoms with Gasteiger partial charge in [-0.15, -0.1) is 0 Å². The van der Waals surface area contributed by atoms with Gasteiger partial charge >= 0.3 is 0 Å². The summed E-state index contributed by atoms with van der Waals surface area (Å²) in [4.78, 5) is 0.182. The summed E-state index contributed by atoms with van der Waals surface area (Å²) in [5.74, 6) is 0.306. The van der Waals surface area contributed by atoms with Gasteiger partial charge in [0.15, 0.2) is 0 Å². The van der Waals surface area contributed by atoms with Gasteiger partial charge in [0, 0.05) is 18.1 Å². The molecule has 4 nitrogen and oxygen atoms in total. The fraction of sp³-hybridized carbons (Fsp3) is 0.538. The van der Waals surface area contributed by atoms with Crippen LogP contribution in [0.15, 0.2) is 29.2 Å². The predicted octanol–water partition coefficient (Wildman–Crippen LogP) is 2.37. The Hall–Kier alpha value is -0.620. The molecular formula is C13H20ClNO3S. The molecule has 0 aliphatic heterocycles. The van der Waals surface area contributed by atoms with Crippen LogP contribution in [0.25, 0.3) is 0 Å². The fourth-order valence-electron chi connectivity index (χ4n) is 1.85. The third-order valence-electron chi connectivity index (χ3n) is 2.96. The topological polar surface area (TPSA) is 57.6 Å². The Bertz CT molecular complexity index is 499. The van der Waals surface area contributed by atoms with E-state index in [9.17, 15) is 13.5 Å². The molecule has 1 aromatic rings. The van der Waals surface area contributed by atoms with Crippen LogP contribution in [0, 0.1) is 5.92 Å². The number of nitrogens with zero attached hydrogens (tertiary/aromatic N) is 1. The van der Waals surface area contributed by atoms with Crippen molar-refractivity contribution in [3.63, 3.8) is 0 Å². The Balaban J connectivity index is 3.01. The van der Waals surface area contributed by atoms with Crippen LogP contribution < -0.4 is 0 Å². The van der Waals surface area contributed by atoms with Gasteiger partial charge in [0.2, 0.25) is 10.0 Å². The van der Waals surface area contributed by atoms with Gasteiger partial charge < -0.3 is 5.11 Å². The SMILES string of the molecule is CC(C)CC(CO)N(C)S(=O)(=O)c1ccc(Cl)cc1. The minimum Gasteiger partial charge on any atom is -0.395 e. The Morgan fingerprint density at radius 1 is 1.26 bits per heavy atom. The molecule has 1 atom stereocenters. The van der Waals surface area contributed by atoms with Crippen molar-refractivity contribution in [2.75, 3.05) is 13.7 Å². The average molecular weight is 306 g/mol. The van der Waals surface area contributed by atoms with Crippen LogP contribution in [0.4, 0.5) is 0 Å². The molecule has 0 aliphatic rings. The highest BCUT2D eigenvalue weighted by Gasteiger charge is 2.27. The smallest absolute Gasteiger partial charge is 0.243 e. The highest BCUT2D eigenvalue weighted by Crippen LogP contribution is 2.21. The highest BCUT2D eigenvalue weighted by molar-refractivity contribution is 7.89. The van der Waals surface area contributed by atoms with Crippen LogP contribution in [-0.2, 0) is 10.0 Å². The first kappa shape index (κ1) is 16.4. The summed E-state index contributed by atoms with van der Waals surface area (Å²) in [6, 6.07) is 5.61. The van der Waals surface area contributed by atoms with Crippen molar-refractivity contribution in [3.05, 3.63) is 29.3 Å². The van der Waals surface area contributed by atoms with E-state index in [1.54, 1.807) is 12.1 Å². The van der Waals surface area contributed by atoms with Crippen molar-refractivity contribution in [2.24, 2.45) is 5.92 Å². The van der Waals surface area contributed by atoms with Gasteiger partial charge in [-0.25, -0.2) is 8.42 Å². The first-order valence-electron chi connectivity index (χ1n) is 6.13. The lowest BCUT2D eigenvalue weighted by Crippen LogP contribution is -2.40. The lowest BCUT2D eigenvalue weighted by atomic mass is 10.1. The molecule has 0 aliphatic carbocycles. The zero-order chi connectivity index (χ0) is 14.6. The second-order valence-electron chi connectivity index (χ2n) is 4.94. The molecule has 0 saturated heterocycles. The minimum atomic E-state index is -3.60. The van der Waals surface area contributed by atoms with Crippen molar-refractivity contribution in [2.45, 2.75) is 31.2 Å². The van der Waals surface area contributed by atoms with Crippen LogP contribution in [0.2, 0.25) is 5.02 Å². The summed E-state index contributed by atoms with van der Waals surface area (Å²) in [6.07, 6.45) is 0.611. The minimum absolute atomic E-state index is 0.182. The van der Waals surface area contributed by atoms with Crippen LogP contribution >= 0.6 is 11.6 Å². The average Bonchev–Trinajstić information content (AvgIpc) is 2.35. The van der Waals surface area contributed by atoms with Crippen LogP contribution in [0.3, 0.4) is 0 Å². The quantitative estimate of drug-likeness (QED) is 0.878. The number of rotatable bonds is 6. The summed E-state index contributed by atoms with van der Waals surface area (Å²) in [5, 5.41) is 9.86. The van der Waals surface area contributed by atoms with Crippen LogP contribution in [0.5, 0.6) is 0 Å². The molecule has 0 aromatic heterocycles. The molecule has 0 spiro atoms. The van der Waals surface area contributed by atoms with Crippen molar-refractivity contribution < 1.29 is 13.5 Å². The number of sulfonamides is 1. The number of aliphatic hydroxyl groups is 1. The number of hydrogen-bond acceptors (Lipinski definition) is 3. The maximum Gasteiger partial charge on any atom is 0.243 e. The van der Waals surface area contributed by atoms with Crippen molar-refractivity contribution in [1.29, 1.82) is 0 Å². The van der Waals surface area contributed by atoms with E-state index in [2.05, 4.69) is 0 Å². The molecule has 108 valence electrons. The monoisotopic (exact) mass is 305 g/mol. The molecule has 0 bridgehead atoms. The fourth-order valence-corrected chi connectivity index (χ4v) is 3.33. The van der Waals surface area contributed by atoms with Gasteiger partial charge in [-0.2, -0.15) is 4.31 Å². The molecule has 1 rings (SSSR count). The summed E-state index contributed by atoms with van der Waals surface area (Å²) in [7, 11) is -2.10. The van der Waals surface area contributed by atoms with Crippen LogP contribution in [-0.4, -0.2) is 37.5 Å². The maximum atomic E-state index is 12.4. The Morgan fingerprint density at radius 3 is 2.21 bits per heavy atom. The highest BCUT2D eigenvalue weighted by atomic mass is 35.5. The molecule has 0 saturated carbocycles. The van der Waals surface area contributed by atoms with Gasteiger partial charge in [0.1, 0.15) is 0 Å². The summed E-state index contributed by atoms with van der Waals surface area (Å²) >= 11 is 5.75. The number of aliphatic hydroxyl groups excluding tert-OH is 1. The Kier molecular flexibility index (Phi) is 5.80. The van der Waals surface area contributed by atoms with E-state index in [0.29, 0.717) is 17.4 Å². The van der Waals surface area contributed by atoms with E-state index in [-0.39, 0.29) is 11.5 Å². The zero-order valence-electron chi connectivity index (χ0n) is 11.4. The summed E-state index contributed by atoms with van der Waals surface area (Å²) in [6.45, 7) is 3.79. The Labute approximate surface area is 120 Å². The van der Waals surface area contributed by atoms with E-state index in [0.717, 1.165) is 0 Å². The molecule has 0 fully saturated rings. The van der Waals surface area contributed by atoms with Gasteiger partial charge in [-0.1, -0.05) is 25.4 Å².